The maximum absolute atomic E-state index is 15.1. The first-order valence-electron chi connectivity index (χ1n) is 25.1. The quantitative estimate of drug-likeness (QED) is 0.0966. The Morgan fingerprint density at radius 1 is 0.685 bits per heavy atom. The number of hydrogen-bond donors (Lipinski definition) is 3. The summed E-state index contributed by atoms with van der Waals surface area (Å²) in [6, 6.07) is 33.1. The largest absolute Gasteiger partial charge is 0.486 e. The lowest BCUT2D eigenvalue weighted by Crippen LogP contribution is -2.52. The van der Waals surface area contributed by atoms with Gasteiger partial charge in [-0.25, -0.2) is 4.98 Å². The number of fused-ring (bicyclic) bond motifs is 2. The summed E-state index contributed by atoms with van der Waals surface area (Å²) in [7, 11) is 0. The molecule has 4 heterocycles. The van der Waals surface area contributed by atoms with E-state index in [4.69, 9.17) is 14.5 Å². The topological polar surface area (TPSA) is 155 Å². The molecule has 73 heavy (non-hydrogen) atoms. The summed E-state index contributed by atoms with van der Waals surface area (Å²) in [5.74, 6) is 0.748. The molecule has 0 spiro atoms. The number of hydrogen-bond acceptors (Lipinski definition) is 9. The van der Waals surface area contributed by atoms with E-state index in [-0.39, 0.29) is 29.3 Å². The van der Waals surface area contributed by atoms with Crippen molar-refractivity contribution in [3.63, 3.8) is 0 Å². The van der Waals surface area contributed by atoms with Crippen LogP contribution in [0.25, 0.3) is 11.0 Å². The summed E-state index contributed by atoms with van der Waals surface area (Å²) < 4.78 is 13.0. The summed E-state index contributed by atoms with van der Waals surface area (Å²) in [6.07, 6.45) is 6.69. The van der Waals surface area contributed by atoms with E-state index in [1.54, 1.807) is 49.1 Å². The first-order chi connectivity index (χ1) is 34.4. The predicted octanol–water partition coefficient (Wildman–Crippen LogP) is 11.4. The molecule has 0 saturated heterocycles. The smallest absolute Gasteiger partial charge is 0.259 e. The van der Waals surface area contributed by atoms with Gasteiger partial charge in [-0.05, 0) is 136 Å². The number of carbonyl (C=O) groups excluding carboxylic acids is 3. The zero-order valence-corrected chi connectivity index (χ0v) is 44.3. The number of pyridine rings is 2. The highest BCUT2D eigenvalue weighted by Crippen LogP contribution is 2.39. The van der Waals surface area contributed by atoms with Crippen LogP contribution in [-0.2, 0) is 27.0 Å². The molecular weight excluding hydrogens is 913 g/mol. The van der Waals surface area contributed by atoms with Crippen LogP contribution in [0.4, 0.5) is 11.4 Å². The Balaban J connectivity index is 1.05. The Bertz CT molecular complexity index is 3060. The second-order valence-electron chi connectivity index (χ2n) is 23.0. The fraction of sp³-hybridized carbons (Fsp3) is 0.367. The van der Waals surface area contributed by atoms with Crippen molar-refractivity contribution in [1.29, 1.82) is 0 Å². The molecule has 8 rings (SSSR count). The minimum Gasteiger partial charge on any atom is -0.486 e. The summed E-state index contributed by atoms with van der Waals surface area (Å²) >= 11 is 0. The minimum atomic E-state index is -1.05. The average molecular weight is 983 g/mol. The highest BCUT2D eigenvalue weighted by Gasteiger charge is 2.38. The van der Waals surface area contributed by atoms with Gasteiger partial charge in [-0.15, -0.1) is 0 Å². The molecule has 3 aromatic heterocycles. The molecule has 3 atom stereocenters. The monoisotopic (exact) mass is 983 g/mol. The number of amides is 3. The van der Waals surface area contributed by atoms with E-state index in [0.717, 1.165) is 39.2 Å². The van der Waals surface area contributed by atoms with Gasteiger partial charge in [0, 0.05) is 76.9 Å². The molecule has 3 N–H and O–H groups in total. The molecule has 3 unspecified atom stereocenters. The van der Waals surface area contributed by atoms with Crippen LogP contribution in [0.2, 0.25) is 0 Å². The predicted molar refractivity (Wildman–Crippen MR) is 289 cm³/mol. The summed E-state index contributed by atoms with van der Waals surface area (Å²) in [5, 5.41) is 6.50. The Kier molecular flexibility index (Phi) is 14.6. The molecule has 1 aliphatic rings. The SMILES string of the molecule is Cc1nc2cc(CN(c3ccc(C(C)(C)C)cc3)C(C(=O)NC(C)(C)CC3COc4cc(C(=O)N(c5ccc(C(C)(C)C)cc5)C(C(=O)NC(C)(C)C)c5cccnc5)ccc4O3)c3cccnc3)ccc2[nH]1. The normalized spacial score (nSPS) is 14.8. The number of nitrogens with one attached hydrogen (secondary N) is 3. The van der Waals surface area contributed by atoms with Gasteiger partial charge in [0.15, 0.2) is 11.5 Å². The third-order valence-corrected chi connectivity index (χ3v) is 13.0. The van der Waals surface area contributed by atoms with Gasteiger partial charge in [0.25, 0.3) is 5.91 Å². The van der Waals surface area contributed by atoms with Gasteiger partial charge in [0.05, 0.1) is 11.0 Å². The summed E-state index contributed by atoms with van der Waals surface area (Å²) in [6.45, 7) is 25.2. The molecule has 7 aromatic rings. The van der Waals surface area contributed by atoms with Crippen molar-refractivity contribution < 1.29 is 23.9 Å². The molecule has 13 nitrogen and oxygen atoms in total. The van der Waals surface area contributed by atoms with Crippen LogP contribution in [0.3, 0.4) is 0 Å². The van der Waals surface area contributed by atoms with Crippen molar-refractivity contribution in [3.8, 4) is 11.5 Å². The Labute approximate surface area is 430 Å². The number of aromatic amines is 1. The maximum Gasteiger partial charge on any atom is 0.259 e. The first-order valence-corrected chi connectivity index (χ1v) is 25.1. The van der Waals surface area contributed by atoms with Crippen LogP contribution in [0.5, 0.6) is 11.5 Å². The maximum atomic E-state index is 15.1. The molecule has 0 bridgehead atoms. The van der Waals surface area contributed by atoms with Gasteiger partial charge in [-0.3, -0.25) is 29.3 Å². The van der Waals surface area contributed by atoms with Crippen molar-refractivity contribution in [1.82, 2.24) is 30.6 Å². The lowest BCUT2D eigenvalue weighted by Gasteiger charge is -2.38. The number of ether oxygens (including phenoxy) is 2. The highest BCUT2D eigenvalue weighted by molar-refractivity contribution is 6.10. The van der Waals surface area contributed by atoms with Crippen molar-refractivity contribution in [2.75, 3.05) is 16.4 Å². The lowest BCUT2D eigenvalue weighted by molar-refractivity contribution is -0.125. The van der Waals surface area contributed by atoms with E-state index in [1.165, 1.54) is 10.5 Å². The van der Waals surface area contributed by atoms with Gasteiger partial charge in [-0.2, -0.15) is 0 Å². The molecule has 0 saturated carbocycles. The molecule has 0 radical (unpaired) electrons. The fourth-order valence-corrected chi connectivity index (χ4v) is 9.38. The molecule has 0 aliphatic carbocycles. The van der Waals surface area contributed by atoms with E-state index in [9.17, 15) is 4.79 Å². The van der Waals surface area contributed by atoms with Crippen LogP contribution in [-0.4, -0.2) is 61.4 Å². The number of anilines is 2. The number of aryl methyl sites for hydroxylation is 1. The van der Waals surface area contributed by atoms with Crippen molar-refractivity contribution in [2.45, 2.75) is 136 Å². The van der Waals surface area contributed by atoms with Crippen molar-refractivity contribution in [2.24, 2.45) is 0 Å². The number of benzene rings is 4. The number of aromatic nitrogens is 4. The lowest BCUT2D eigenvalue weighted by atomic mass is 9.87. The van der Waals surface area contributed by atoms with Crippen LogP contribution in [0.15, 0.2) is 134 Å². The number of carbonyl (C=O) groups is 3. The molecule has 3 amide bonds. The summed E-state index contributed by atoms with van der Waals surface area (Å²) in [4.78, 5) is 64.9. The Morgan fingerprint density at radius 2 is 1.27 bits per heavy atom. The Hall–Kier alpha value is -7.54. The van der Waals surface area contributed by atoms with Gasteiger partial charge in [0.2, 0.25) is 11.8 Å². The van der Waals surface area contributed by atoms with E-state index >= 15 is 9.59 Å². The molecule has 13 heteroatoms. The third kappa shape index (κ3) is 12.4. The molecule has 380 valence electrons. The second-order valence-corrected chi connectivity index (χ2v) is 23.0. The van der Waals surface area contributed by atoms with Gasteiger partial charge >= 0.3 is 0 Å². The van der Waals surface area contributed by atoms with Crippen LogP contribution in [0.1, 0.15) is 139 Å². The average Bonchev–Trinajstić information content (AvgIpc) is 3.71. The van der Waals surface area contributed by atoms with Gasteiger partial charge in [0.1, 0.15) is 30.6 Å². The van der Waals surface area contributed by atoms with E-state index in [0.29, 0.717) is 41.3 Å². The third-order valence-electron chi connectivity index (χ3n) is 13.0. The molecule has 0 fully saturated rings. The Morgan fingerprint density at radius 3 is 1.85 bits per heavy atom. The summed E-state index contributed by atoms with van der Waals surface area (Å²) in [5.41, 5.74) is 6.58. The zero-order valence-electron chi connectivity index (χ0n) is 44.3. The van der Waals surface area contributed by atoms with Gasteiger partial charge in [-0.1, -0.05) is 84.0 Å². The van der Waals surface area contributed by atoms with E-state index in [1.807, 2.05) is 90.1 Å². The standard InChI is InChI=1S/C60H70N8O5/c1-38-63-48-27-17-39(31-49(48)64-38)36-67(45-23-19-43(20-24-45)57(2,3)4)52(41-15-13-29-61-34-41)54(69)66-60(11,12)33-47-37-72-51-32-40(18-28-50(51)73-47)56(71)68(46-25-21-44(22-26-46)58(5,6)7)53(42-16-14-30-62-35-42)55(70)65-59(8,9)10/h13-32,34-35,47,52-53H,33,36-37H2,1-12H3,(H,63,64)(H,65,70)(H,66,69). The molecule has 4 aromatic carbocycles. The van der Waals surface area contributed by atoms with E-state index < -0.39 is 35.2 Å². The van der Waals surface area contributed by atoms with Crippen molar-refractivity contribution >= 4 is 40.1 Å². The van der Waals surface area contributed by atoms with E-state index in [2.05, 4.69) is 108 Å². The number of imidazole rings is 1. The fourth-order valence-electron chi connectivity index (χ4n) is 9.38. The number of rotatable bonds is 14. The number of H-pyrrole nitrogens is 1. The van der Waals surface area contributed by atoms with Crippen LogP contribution in [0, 0.1) is 6.92 Å². The second kappa shape index (κ2) is 20.5. The number of nitrogens with zero attached hydrogens (tertiary/aromatic N) is 5. The van der Waals surface area contributed by atoms with Crippen LogP contribution < -0.4 is 29.9 Å². The first kappa shape index (κ1) is 51.8. The minimum absolute atomic E-state index is 0.0579. The van der Waals surface area contributed by atoms with Crippen molar-refractivity contribution in [3.05, 3.63) is 173 Å². The molecule has 1 aliphatic heterocycles. The highest BCUT2D eigenvalue weighted by atomic mass is 16.6. The van der Waals surface area contributed by atoms with Crippen LogP contribution >= 0.6 is 0 Å². The molecular formula is C60H70N8O5. The zero-order chi connectivity index (χ0) is 52.5. The van der Waals surface area contributed by atoms with Gasteiger partial charge < -0.3 is 30.0 Å².